The van der Waals surface area contributed by atoms with Gasteiger partial charge in [-0.2, -0.15) is 0 Å². The summed E-state index contributed by atoms with van der Waals surface area (Å²) in [5.41, 5.74) is 0.616. The van der Waals surface area contributed by atoms with Gasteiger partial charge in [-0.3, -0.25) is 15.0 Å². The lowest BCUT2D eigenvalue weighted by molar-refractivity contribution is -0.119. The lowest BCUT2D eigenvalue weighted by atomic mass is 9.88. The zero-order chi connectivity index (χ0) is 20.1. The number of anilines is 1. The lowest BCUT2D eigenvalue weighted by Crippen LogP contribution is -2.48. The Morgan fingerprint density at radius 2 is 1.55 bits per heavy atom. The van der Waals surface area contributed by atoms with Crippen LogP contribution in [-0.4, -0.2) is 39.6 Å². The number of amides is 1. The van der Waals surface area contributed by atoms with Gasteiger partial charge in [0.1, 0.15) is 5.82 Å². The zero-order valence-corrected chi connectivity index (χ0v) is 16.8. The van der Waals surface area contributed by atoms with Gasteiger partial charge in [0.05, 0.1) is 6.54 Å². The van der Waals surface area contributed by atoms with Crippen LogP contribution in [0.5, 0.6) is 0 Å². The van der Waals surface area contributed by atoms with Gasteiger partial charge in [0.25, 0.3) is 0 Å². The monoisotopic (exact) mass is 400 g/mol. The number of halogens is 1. The van der Waals surface area contributed by atoms with Crippen LogP contribution in [0.1, 0.15) is 64.2 Å². The minimum atomic E-state index is -0.327. The Balaban J connectivity index is 1.40. The molecule has 0 saturated heterocycles. The Labute approximate surface area is 170 Å². The number of benzene rings is 1. The third-order valence-electron chi connectivity index (χ3n) is 6.18. The number of hydrogen-bond acceptors (Lipinski definition) is 5. The number of rotatable bonds is 6. The molecule has 0 aliphatic heterocycles. The van der Waals surface area contributed by atoms with E-state index in [-0.39, 0.29) is 23.6 Å². The summed E-state index contributed by atoms with van der Waals surface area (Å²) < 4.78 is 18.6. The summed E-state index contributed by atoms with van der Waals surface area (Å²) in [4.78, 5) is 15.2. The van der Waals surface area contributed by atoms with E-state index in [4.69, 9.17) is 4.42 Å². The molecule has 0 radical (unpaired) electrons. The first kappa shape index (κ1) is 20.0. The highest BCUT2D eigenvalue weighted by Gasteiger charge is 2.30. The molecule has 2 saturated carbocycles. The topological polar surface area (TPSA) is 71.3 Å². The standard InChI is InChI=1S/C22H29FN4O2/c23-17-13-11-16(12-14-17)21-25-26-22(29-21)24-20(28)15-27(18-7-3-1-4-8-18)19-9-5-2-6-10-19/h11-14,18-19H,1-10,15H2,(H,24,26,28). The molecule has 0 atom stereocenters. The Morgan fingerprint density at radius 3 is 2.14 bits per heavy atom. The van der Waals surface area contributed by atoms with E-state index in [9.17, 15) is 9.18 Å². The molecule has 6 nitrogen and oxygen atoms in total. The van der Waals surface area contributed by atoms with Gasteiger partial charge in [-0.15, -0.1) is 5.10 Å². The van der Waals surface area contributed by atoms with Crippen LogP contribution in [0.25, 0.3) is 11.5 Å². The molecule has 1 heterocycles. The zero-order valence-electron chi connectivity index (χ0n) is 16.8. The van der Waals surface area contributed by atoms with Crippen molar-refractivity contribution in [3.63, 3.8) is 0 Å². The summed E-state index contributed by atoms with van der Waals surface area (Å²) in [5, 5.41) is 10.6. The summed E-state index contributed by atoms with van der Waals surface area (Å²) in [5.74, 6) is -0.181. The van der Waals surface area contributed by atoms with E-state index in [1.54, 1.807) is 12.1 Å². The van der Waals surface area contributed by atoms with Crippen LogP contribution in [0.2, 0.25) is 0 Å². The summed E-state index contributed by atoms with van der Waals surface area (Å²) in [6, 6.07) is 6.89. The van der Waals surface area contributed by atoms with Crippen LogP contribution in [0.3, 0.4) is 0 Å². The fourth-order valence-electron chi connectivity index (χ4n) is 4.69. The minimum absolute atomic E-state index is 0.0848. The van der Waals surface area contributed by atoms with Gasteiger partial charge in [0.15, 0.2) is 0 Å². The second kappa shape index (κ2) is 9.48. The van der Waals surface area contributed by atoms with Crippen molar-refractivity contribution in [1.29, 1.82) is 0 Å². The molecular weight excluding hydrogens is 371 g/mol. The Kier molecular flexibility index (Phi) is 6.54. The second-order valence-electron chi connectivity index (χ2n) is 8.22. The molecule has 2 aliphatic carbocycles. The van der Waals surface area contributed by atoms with Crippen molar-refractivity contribution in [2.75, 3.05) is 11.9 Å². The molecule has 4 rings (SSSR count). The lowest BCUT2D eigenvalue weighted by Gasteiger charge is -2.41. The molecule has 2 fully saturated rings. The average molecular weight is 400 g/mol. The van der Waals surface area contributed by atoms with Gasteiger partial charge in [0.2, 0.25) is 11.8 Å². The number of carbonyl (C=O) groups excluding carboxylic acids is 1. The van der Waals surface area contributed by atoms with Crippen molar-refractivity contribution in [3.8, 4) is 11.5 Å². The highest BCUT2D eigenvalue weighted by molar-refractivity contribution is 5.90. The van der Waals surface area contributed by atoms with Crippen LogP contribution in [0.15, 0.2) is 28.7 Å². The molecule has 0 bridgehead atoms. The third-order valence-corrected chi connectivity index (χ3v) is 6.18. The molecule has 0 unspecified atom stereocenters. The highest BCUT2D eigenvalue weighted by atomic mass is 19.1. The molecule has 2 aliphatic rings. The summed E-state index contributed by atoms with van der Waals surface area (Å²) in [6.45, 7) is 0.365. The van der Waals surface area contributed by atoms with E-state index in [0.717, 1.165) is 0 Å². The fourth-order valence-corrected chi connectivity index (χ4v) is 4.69. The van der Waals surface area contributed by atoms with E-state index >= 15 is 0 Å². The van der Waals surface area contributed by atoms with Crippen molar-refractivity contribution >= 4 is 11.9 Å². The first-order valence-electron chi connectivity index (χ1n) is 10.8. The number of hydrogen-bond donors (Lipinski definition) is 1. The van der Waals surface area contributed by atoms with Gasteiger partial charge < -0.3 is 4.42 Å². The number of carbonyl (C=O) groups is 1. The molecule has 1 aromatic heterocycles. The predicted octanol–water partition coefficient (Wildman–Crippen LogP) is 4.78. The Bertz CT molecular complexity index is 777. The number of nitrogens with zero attached hydrogens (tertiary/aromatic N) is 3. The van der Waals surface area contributed by atoms with E-state index in [1.807, 2.05) is 0 Å². The highest BCUT2D eigenvalue weighted by Crippen LogP contribution is 2.30. The average Bonchev–Trinajstić information content (AvgIpc) is 3.22. The smallest absolute Gasteiger partial charge is 0.322 e. The Hall–Kier alpha value is -2.28. The summed E-state index contributed by atoms with van der Waals surface area (Å²) in [7, 11) is 0. The van der Waals surface area contributed by atoms with E-state index < -0.39 is 0 Å². The van der Waals surface area contributed by atoms with Crippen molar-refractivity contribution in [2.45, 2.75) is 76.3 Å². The first-order valence-corrected chi connectivity index (χ1v) is 10.8. The molecule has 7 heteroatoms. The third kappa shape index (κ3) is 5.21. The molecule has 1 aromatic carbocycles. The molecule has 0 spiro atoms. The van der Waals surface area contributed by atoms with Gasteiger partial charge in [-0.1, -0.05) is 43.6 Å². The van der Waals surface area contributed by atoms with E-state index in [2.05, 4.69) is 20.4 Å². The molecule has 1 amide bonds. The van der Waals surface area contributed by atoms with Crippen molar-refractivity contribution in [3.05, 3.63) is 30.1 Å². The quantitative estimate of drug-likeness (QED) is 0.755. The van der Waals surface area contributed by atoms with Gasteiger partial charge in [-0.25, -0.2) is 4.39 Å². The molecule has 2 aromatic rings. The van der Waals surface area contributed by atoms with Crippen molar-refractivity contribution in [2.24, 2.45) is 0 Å². The van der Waals surface area contributed by atoms with Crippen molar-refractivity contribution in [1.82, 2.24) is 15.1 Å². The normalized spacial score (nSPS) is 18.8. The van der Waals surface area contributed by atoms with Gasteiger partial charge >= 0.3 is 6.01 Å². The van der Waals surface area contributed by atoms with Crippen LogP contribution in [0, 0.1) is 5.82 Å². The van der Waals surface area contributed by atoms with E-state index in [0.29, 0.717) is 24.2 Å². The Morgan fingerprint density at radius 1 is 0.966 bits per heavy atom. The minimum Gasteiger partial charge on any atom is -0.403 e. The molecule has 1 N–H and O–H groups in total. The molecule has 156 valence electrons. The van der Waals surface area contributed by atoms with Crippen molar-refractivity contribution < 1.29 is 13.6 Å². The maximum Gasteiger partial charge on any atom is 0.322 e. The van der Waals surface area contributed by atoms with Crippen LogP contribution in [0.4, 0.5) is 10.4 Å². The number of aromatic nitrogens is 2. The SMILES string of the molecule is O=C(CN(C1CCCCC1)C1CCCCC1)Nc1nnc(-c2ccc(F)cc2)o1. The molecule has 29 heavy (non-hydrogen) atoms. The molecular formula is C22H29FN4O2. The largest absolute Gasteiger partial charge is 0.403 e. The van der Waals surface area contributed by atoms with Crippen LogP contribution < -0.4 is 5.32 Å². The summed E-state index contributed by atoms with van der Waals surface area (Å²) in [6.07, 6.45) is 12.3. The number of nitrogens with one attached hydrogen (secondary N) is 1. The predicted molar refractivity (Wildman–Crippen MR) is 109 cm³/mol. The van der Waals surface area contributed by atoms with Gasteiger partial charge in [0, 0.05) is 17.6 Å². The van der Waals surface area contributed by atoms with Crippen LogP contribution >= 0.6 is 0 Å². The van der Waals surface area contributed by atoms with E-state index in [1.165, 1.54) is 76.3 Å². The second-order valence-corrected chi connectivity index (χ2v) is 8.22. The fraction of sp³-hybridized carbons (Fsp3) is 0.591. The maximum absolute atomic E-state index is 13.1. The first-order chi connectivity index (χ1) is 14.2. The summed E-state index contributed by atoms with van der Waals surface area (Å²) >= 11 is 0. The maximum atomic E-state index is 13.1. The van der Waals surface area contributed by atoms with Crippen LogP contribution in [-0.2, 0) is 4.79 Å². The van der Waals surface area contributed by atoms with Gasteiger partial charge in [-0.05, 0) is 49.9 Å².